The number of nitrogens with one attached hydrogen (secondary N) is 1. The molecule has 34 heavy (non-hydrogen) atoms. The number of hydrogen-bond donors (Lipinski definition) is 2. The summed E-state index contributed by atoms with van der Waals surface area (Å²) in [5.74, 6) is -3.41. The second kappa shape index (κ2) is 9.21. The highest BCUT2D eigenvalue weighted by Gasteiger charge is 2.33. The first-order valence-corrected chi connectivity index (χ1v) is 12.5. The number of nitrogens with two attached hydrogens (primary N) is 1. The topological polar surface area (TPSA) is 118 Å². The smallest absolute Gasteiger partial charge is 0.278 e. The number of alkyl halides is 2. The first-order chi connectivity index (χ1) is 15.9. The van der Waals surface area contributed by atoms with Crippen molar-refractivity contribution >= 4 is 61.7 Å². The largest absolute Gasteiger partial charge is 0.354 e. The van der Waals surface area contributed by atoms with E-state index in [0.717, 1.165) is 0 Å². The minimum absolute atomic E-state index is 0.0321. The average Bonchev–Trinajstić information content (AvgIpc) is 2.94. The van der Waals surface area contributed by atoms with E-state index in [1.165, 1.54) is 36.4 Å². The van der Waals surface area contributed by atoms with Crippen LogP contribution in [0.1, 0.15) is 29.8 Å². The van der Waals surface area contributed by atoms with Gasteiger partial charge in [-0.2, -0.15) is 0 Å². The molecule has 3 aromatic rings. The summed E-state index contributed by atoms with van der Waals surface area (Å²) in [6, 6.07) is 8.31. The number of anilines is 2. The van der Waals surface area contributed by atoms with Crippen molar-refractivity contribution in [3.63, 3.8) is 0 Å². The number of benzene rings is 2. The molecule has 0 radical (unpaired) electrons. The van der Waals surface area contributed by atoms with Gasteiger partial charge in [0.1, 0.15) is 0 Å². The lowest BCUT2D eigenvalue weighted by molar-refractivity contribution is -0.0102. The fraction of sp³-hybridized carbons (Fsp3) is 0.286. The van der Waals surface area contributed by atoms with Crippen molar-refractivity contribution < 1.29 is 22.0 Å². The molecule has 1 aliphatic rings. The number of nitrogens with zero attached hydrogens (tertiary/aromatic N) is 3. The van der Waals surface area contributed by atoms with Crippen LogP contribution >= 0.6 is 23.2 Å². The molecule has 1 saturated heterocycles. The molecule has 1 amide bonds. The molecular formula is C21H19Cl2F2N5O3S. The lowest BCUT2D eigenvalue weighted by Crippen LogP contribution is -2.30. The highest BCUT2D eigenvalue weighted by Crippen LogP contribution is 2.33. The predicted molar refractivity (Wildman–Crippen MR) is 126 cm³/mol. The van der Waals surface area contributed by atoms with Gasteiger partial charge >= 0.3 is 0 Å². The van der Waals surface area contributed by atoms with Gasteiger partial charge in [-0.25, -0.2) is 32.3 Å². The zero-order chi connectivity index (χ0) is 24.7. The van der Waals surface area contributed by atoms with E-state index in [9.17, 15) is 22.0 Å². The number of carbonyl (C=O) groups excluding carboxylic acids is 1. The van der Waals surface area contributed by atoms with Crippen LogP contribution in [0, 0.1) is 0 Å². The van der Waals surface area contributed by atoms with Crippen LogP contribution in [0.2, 0.25) is 10.0 Å². The van der Waals surface area contributed by atoms with E-state index in [0.29, 0.717) is 5.52 Å². The second-order valence-electron chi connectivity index (χ2n) is 7.87. The molecule has 0 atom stereocenters. The summed E-state index contributed by atoms with van der Waals surface area (Å²) < 4.78 is 51.2. The molecule has 0 spiro atoms. The zero-order valence-corrected chi connectivity index (χ0v) is 19.9. The third kappa shape index (κ3) is 5.38. The van der Waals surface area contributed by atoms with Crippen LogP contribution in [0.3, 0.4) is 0 Å². The Morgan fingerprint density at radius 2 is 1.74 bits per heavy atom. The molecule has 2 aromatic carbocycles. The van der Waals surface area contributed by atoms with E-state index in [-0.39, 0.29) is 63.6 Å². The molecule has 1 fully saturated rings. The number of hydrogen-bond acceptors (Lipinski definition) is 6. The predicted octanol–water partition coefficient (Wildman–Crippen LogP) is 4.46. The average molecular weight is 530 g/mol. The molecule has 4 rings (SSSR count). The Labute approximate surface area is 204 Å². The summed E-state index contributed by atoms with van der Waals surface area (Å²) in [5.41, 5.74) is 0.646. The lowest BCUT2D eigenvalue weighted by atomic mass is 10.1. The molecule has 1 aliphatic heterocycles. The van der Waals surface area contributed by atoms with Crippen LogP contribution in [-0.4, -0.2) is 43.3 Å². The number of primary sulfonamides is 1. The van der Waals surface area contributed by atoms with E-state index in [4.69, 9.17) is 28.3 Å². The van der Waals surface area contributed by atoms with Gasteiger partial charge in [0.05, 0.1) is 26.0 Å². The summed E-state index contributed by atoms with van der Waals surface area (Å²) in [4.78, 5) is 23.5. The molecule has 0 unspecified atom stereocenters. The van der Waals surface area contributed by atoms with Crippen LogP contribution in [0.25, 0.3) is 11.0 Å². The molecule has 1 aromatic heterocycles. The van der Waals surface area contributed by atoms with Crippen LogP contribution in [0.15, 0.2) is 41.3 Å². The molecule has 3 N–H and O–H groups in total. The van der Waals surface area contributed by atoms with Gasteiger partial charge in [0.2, 0.25) is 15.9 Å². The van der Waals surface area contributed by atoms with Crippen LogP contribution in [-0.2, 0) is 10.0 Å². The van der Waals surface area contributed by atoms with Gasteiger partial charge in [0.15, 0.2) is 11.5 Å². The fourth-order valence-corrected chi connectivity index (χ4v) is 4.51. The molecule has 8 nitrogen and oxygen atoms in total. The second-order valence-corrected chi connectivity index (χ2v) is 10.3. The first-order valence-electron chi connectivity index (χ1n) is 10.2. The summed E-state index contributed by atoms with van der Waals surface area (Å²) in [5, 5.41) is 8.17. The van der Waals surface area contributed by atoms with Crippen molar-refractivity contribution in [3.8, 4) is 0 Å². The number of fused-ring (bicyclic) bond motifs is 1. The Morgan fingerprint density at radius 3 is 2.41 bits per heavy atom. The molecule has 0 saturated carbocycles. The van der Waals surface area contributed by atoms with E-state index in [1.54, 1.807) is 4.90 Å². The van der Waals surface area contributed by atoms with Gasteiger partial charge in [0, 0.05) is 31.6 Å². The number of aromatic nitrogens is 2. The third-order valence-corrected chi connectivity index (χ3v) is 6.97. The lowest BCUT2D eigenvalue weighted by Gasteiger charge is -2.24. The van der Waals surface area contributed by atoms with Crippen LogP contribution in [0.4, 0.5) is 20.3 Å². The van der Waals surface area contributed by atoms with Crippen molar-refractivity contribution in [2.24, 2.45) is 5.14 Å². The zero-order valence-electron chi connectivity index (χ0n) is 17.6. The highest BCUT2D eigenvalue weighted by atomic mass is 35.5. The Kier molecular flexibility index (Phi) is 6.65. The number of carbonyl (C=O) groups is 1. The van der Waals surface area contributed by atoms with Crippen molar-refractivity contribution in [2.75, 3.05) is 23.3 Å². The van der Waals surface area contributed by atoms with Crippen molar-refractivity contribution in [3.05, 3.63) is 52.1 Å². The maximum absolute atomic E-state index is 14.0. The van der Waals surface area contributed by atoms with Gasteiger partial charge < -0.3 is 10.2 Å². The van der Waals surface area contributed by atoms with E-state index >= 15 is 0 Å². The highest BCUT2D eigenvalue weighted by molar-refractivity contribution is 7.89. The van der Waals surface area contributed by atoms with Gasteiger partial charge in [-0.05, 0) is 36.8 Å². The molecule has 0 aliphatic carbocycles. The fourth-order valence-electron chi connectivity index (χ4n) is 3.63. The van der Waals surface area contributed by atoms with Crippen LogP contribution < -0.4 is 15.4 Å². The van der Waals surface area contributed by atoms with Gasteiger partial charge in [0.25, 0.3) is 5.91 Å². The van der Waals surface area contributed by atoms with Crippen molar-refractivity contribution in [1.82, 2.24) is 9.97 Å². The Bertz CT molecular complexity index is 1390. The quantitative estimate of drug-likeness (QED) is 0.514. The Morgan fingerprint density at radius 1 is 1.06 bits per heavy atom. The summed E-state index contributed by atoms with van der Waals surface area (Å²) in [6.45, 7) is 0.216. The van der Waals surface area contributed by atoms with E-state index < -0.39 is 28.3 Å². The Hall–Kier alpha value is -2.60. The number of rotatable bonds is 4. The summed E-state index contributed by atoms with van der Waals surface area (Å²) >= 11 is 12.2. The SMILES string of the molecule is NS(=O)(=O)c1cccc(NC(=O)c2nc3cc(Cl)c(Cl)cc3nc2N2CCCC(F)(F)CC2)c1. The monoisotopic (exact) mass is 529 g/mol. The van der Waals surface area contributed by atoms with E-state index in [1.807, 2.05) is 0 Å². The van der Waals surface area contributed by atoms with Gasteiger partial charge in [-0.3, -0.25) is 4.79 Å². The third-order valence-electron chi connectivity index (χ3n) is 5.34. The van der Waals surface area contributed by atoms with Crippen molar-refractivity contribution in [2.45, 2.75) is 30.1 Å². The molecule has 13 heteroatoms. The maximum atomic E-state index is 14.0. The maximum Gasteiger partial charge on any atom is 0.278 e. The molecular weight excluding hydrogens is 511 g/mol. The number of amides is 1. The van der Waals surface area contributed by atoms with Gasteiger partial charge in [-0.1, -0.05) is 29.3 Å². The van der Waals surface area contributed by atoms with E-state index in [2.05, 4.69) is 15.3 Å². The summed E-state index contributed by atoms with van der Waals surface area (Å²) in [6.07, 6.45) is -0.467. The van der Waals surface area contributed by atoms with Gasteiger partial charge in [-0.15, -0.1) is 0 Å². The minimum Gasteiger partial charge on any atom is -0.354 e. The Balaban J connectivity index is 1.77. The summed E-state index contributed by atoms with van der Waals surface area (Å²) in [7, 11) is -3.99. The normalized spacial score (nSPS) is 16.3. The minimum atomic E-state index is -3.99. The molecule has 2 heterocycles. The van der Waals surface area contributed by atoms with Crippen molar-refractivity contribution in [1.29, 1.82) is 0 Å². The molecule has 180 valence electrons. The number of halogens is 4. The van der Waals surface area contributed by atoms with Crippen LogP contribution in [0.5, 0.6) is 0 Å². The molecule has 0 bridgehead atoms. The first kappa shape index (κ1) is 24.5. The number of sulfonamides is 1. The standard InChI is InChI=1S/C21H19Cl2F2N5O3S/c22-14-10-16-17(11-15(14)23)29-19(30-7-2-5-21(24,25)6-8-30)18(28-16)20(31)27-12-3-1-4-13(9-12)34(26,32)33/h1,3-4,9-11H,2,5-8H2,(H,27,31)(H2,26,32,33).